The van der Waals surface area contributed by atoms with Crippen molar-refractivity contribution < 1.29 is 19.4 Å². The summed E-state index contributed by atoms with van der Waals surface area (Å²) >= 11 is 0. The number of carbonyl (C=O) groups excluding carboxylic acids is 1. The van der Waals surface area contributed by atoms with Gasteiger partial charge in [0.05, 0.1) is 17.7 Å². The monoisotopic (exact) mass is 367 g/mol. The minimum Gasteiger partial charge on any atom is -0.449 e. The number of hydrogen-bond donors (Lipinski definition) is 2. The van der Waals surface area contributed by atoms with E-state index in [1.807, 2.05) is 38.1 Å². The van der Waals surface area contributed by atoms with E-state index in [0.29, 0.717) is 13.0 Å². The maximum Gasteiger partial charge on any atom is 0.407 e. The minimum absolute atomic E-state index is 0.0149. The van der Waals surface area contributed by atoms with Crippen molar-refractivity contribution in [1.29, 1.82) is 0 Å². The topological polar surface area (TPSA) is 67.8 Å². The first-order valence-electron chi connectivity index (χ1n) is 9.35. The van der Waals surface area contributed by atoms with E-state index in [0.717, 1.165) is 0 Å². The molecule has 2 N–H and O–H groups in total. The third-order valence-electron chi connectivity index (χ3n) is 6.10. The average molecular weight is 367 g/mol. The molecule has 0 saturated carbocycles. The van der Waals surface area contributed by atoms with Crippen LogP contribution < -0.4 is 5.32 Å². The molecule has 2 aromatic carbocycles. The van der Waals surface area contributed by atoms with Gasteiger partial charge in [-0.15, -0.1) is 0 Å². The van der Waals surface area contributed by atoms with Crippen molar-refractivity contribution >= 4 is 6.09 Å². The van der Waals surface area contributed by atoms with Gasteiger partial charge in [-0.3, -0.25) is 0 Å². The molecule has 0 bridgehead atoms. The average Bonchev–Trinajstić information content (AvgIpc) is 3.14. The van der Waals surface area contributed by atoms with E-state index in [4.69, 9.17) is 9.47 Å². The highest BCUT2D eigenvalue weighted by Crippen LogP contribution is 2.44. The smallest absolute Gasteiger partial charge is 0.407 e. The molecule has 0 aromatic heterocycles. The van der Waals surface area contributed by atoms with Gasteiger partial charge in [0.15, 0.2) is 0 Å². The third-order valence-corrected chi connectivity index (χ3v) is 6.10. The van der Waals surface area contributed by atoms with Crippen molar-refractivity contribution in [3.05, 3.63) is 59.7 Å². The molecule has 1 heterocycles. The summed E-state index contributed by atoms with van der Waals surface area (Å²) in [6, 6.07) is 16.5. The summed E-state index contributed by atoms with van der Waals surface area (Å²) < 4.78 is 11.3. The lowest BCUT2D eigenvalue weighted by Gasteiger charge is -2.38. The van der Waals surface area contributed by atoms with Crippen LogP contribution in [0.4, 0.5) is 4.79 Å². The molecule has 2 aliphatic rings. The van der Waals surface area contributed by atoms with Crippen molar-refractivity contribution in [2.75, 3.05) is 19.8 Å². The lowest BCUT2D eigenvalue weighted by atomic mass is 9.83. The fourth-order valence-electron chi connectivity index (χ4n) is 4.27. The highest BCUT2D eigenvalue weighted by atomic mass is 16.6. The second-order valence-electron chi connectivity index (χ2n) is 7.80. The Morgan fingerprint density at radius 2 is 1.74 bits per heavy atom. The maximum absolute atomic E-state index is 12.5. The Bertz CT molecular complexity index is 817. The standard InChI is InChI=1S/C22H25NO4/c1-21(2)22(14-24,11-12-27-21)23-20(25)26-13-19-17-9-5-3-7-15(17)16-8-4-6-10-18(16)19/h3-10,19,24H,11-14H2,1-2H3,(H,23,25). The maximum atomic E-state index is 12.5. The number of aliphatic hydroxyl groups excluding tert-OH is 1. The number of amides is 1. The number of carbonyl (C=O) groups is 1. The molecular formula is C22H25NO4. The first-order chi connectivity index (χ1) is 13.0. The van der Waals surface area contributed by atoms with E-state index in [-0.39, 0.29) is 19.1 Å². The largest absolute Gasteiger partial charge is 0.449 e. The Balaban J connectivity index is 1.50. The molecule has 1 atom stereocenters. The number of nitrogens with one attached hydrogen (secondary N) is 1. The molecule has 5 heteroatoms. The molecule has 2 aromatic rings. The van der Waals surface area contributed by atoms with Crippen LogP contribution in [0.25, 0.3) is 11.1 Å². The van der Waals surface area contributed by atoms with Gasteiger partial charge in [0.25, 0.3) is 0 Å². The number of rotatable bonds is 4. The Labute approximate surface area is 159 Å². The van der Waals surface area contributed by atoms with Crippen LogP contribution >= 0.6 is 0 Å². The van der Waals surface area contributed by atoms with Crippen LogP contribution in [0, 0.1) is 0 Å². The second kappa shape index (κ2) is 6.66. The first kappa shape index (κ1) is 18.0. The second-order valence-corrected chi connectivity index (χ2v) is 7.80. The summed E-state index contributed by atoms with van der Waals surface area (Å²) in [5.41, 5.74) is 3.27. The molecule has 4 rings (SSSR count). The Morgan fingerprint density at radius 1 is 1.15 bits per heavy atom. The molecular weight excluding hydrogens is 342 g/mol. The number of alkyl carbamates (subject to hydrolysis) is 1. The molecule has 1 fully saturated rings. The lowest BCUT2D eigenvalue weighted by molar-refractivity contribution is -0.0297. The van der Waals surface area contributed by atoms with Gasteiger partial charge in [0, 0.05) is 12.5 Å². The van der Waals surface area contributed by atoms with Gasteiger partial charge in [-0.2, -0.15) is 0 Å². The Hall–Kier alpha value is -2.37. The SMILES string of the molecule is CC1(C)OCCC1(CO)NC(=O)OCC1c2ccccc2-c2ccccc21. The third kappa shape index (κ3) is 2.91. The van der Waals surface area contributed by atoms with Crippen molar-refractivity contribution in [2.24, 2.45) is 0 Å². The van der Waals surface area contributed by atoms with Crippen molar-refractivity contribution in [3.63, 3.8) is 0 Å². The summed E-state index contributed by atoms with van der Waals surface area (Å²) in [5, 5.41) is 12.8. The number of hydrogen-bond acceptors (Lipinski definition) is 4. The first-order valence-corrected chi connectivity index (χ1v) is 9.35. The van der Waals surface area contributed by atoms with Gasteiger partial charge in [0.1, 0.15) is 6.61 Å². The predicted octanol–water partition coefficient (Wildman–Crippen LogP) is 3.46. The van der Waals surface area contributed by atoms with E-state index < -0.39 is 17.2 Å². The highest BCUT2D eigenvalue weighted by molar-refractivity contribution is 5.79. The molecule has 5 nitrogen and oxygen atoms in total. The van der Waals surface area contributed by atoms with Gasteiger partial charge in [-0.05, 0) is 42.5 Å². The van der Waals surface area contributed by atoms with Crippen LogP contribution in [0.5, 0.6) is 0 Å². The number of ether oxygens (including phenoxy) is 2. The zero-order valence-electron chi connectivity index (χ0n) is 15.7. The fraction of sp³-hybridized carbons (Fsp3) is 0.409. The van der Waals surface area contributed by atoms with E-state index >= 15 is 0 Å². The number of fused-ring (bicyclic) bond motifs is 3. The van der Waals surface area contributed by atoms with Gasteiger partial charge in [-0.25, -0.2) is 4.79 Å². The zero-order valence-corrected chi connectivity index (χ0v) is 15.7. The van der Waals surface area contributed by atoms with Gasteiger partial charge >= 0.3 is 6.09 Å². The van der Waals surface area contributed by atoms with Gasteiger partial charge in [0.2, 0.25) is 0 Å². The number of benzene rings is 2. The molecule has 27 heavy (non-hydrogen) atoms. The summed E-state index contributed by atoms with van der Waals surface area (Å²) in [7, 11) is 0. The van der Waals surface area contributed by atoms with Gasteiger partial charge in [-0.1, -0.05) is 48.5 Å². The normalized spacial score (nSPS) is 22.9. The molecule has 1 unspecified atom stereocenters. The minimum atomic E-state index is -0.824. The highest BCUT2D eigenvalue weighted by Gasteiger charge is 2.51. The van der Waals surface area contributed by atoms with E-state index in [1.54, 1.807) is 0 Å². The van der Waals surface area contributed by atoms with Crippen LogP contribution in [-0.2, 0) is 9.47 Å². The van der Waals surface area contributed by atoms with Crippen molar-refractivity contribution in [3.8, 4) is 11.1 Å². The fourth-order valence-corrected chi connectivity index (χ4v) is 4.27. The molecule has 0 spiro atoms. The summed E-state index contributed by atoms with van der Waals surface area (Å²) in [6.45, 7) is 4.31. The zero-order chi connectivity index (χ0) is 19.1. The summed E-state index contributed by atoms with van der Waals surface area (Å²) in [4.78, 5) is 12.5. The Kier molecular flexibility index (Phi) is 4.44. The Morgan fingerprint density at radius 3 is 2.26 bits per heavy atom. The van der Waals surface area contributed by atoms with Crippen LogP contribution in [0.1, 0.15) is 37.3 Å². The quantitative estimate of drug-likeness (QED) is 0.868. The molecule has 0 radical (unpaired) electrons. The van der Waals surface area contributed by atoms with Crippen molar-refractivity contribution in [1.82, 2.24) is 5.32 Å². The van der Waals surface area contributed by atoms with E-state index in [9.17, 15) is 9.90 Å². The van der Waals surface area contributed by atoms with Crippen LogP contribution in [0.2, 0.25) is 0 Å². The van der Waals surface area contributed by atoms with Crippen LogP contribution in [-0.4, -0.2) is 42.2 Å². The van der Waals surface area contributed by atoms with E-state index in [2.05, 4.69) is 29.6 Å². The summed E-state index contributed by atoms with van der Waals surface area (Å²) in [5.74, 6) is 0.0149. The molecule has 1 aliphatic heterocycles. The number of aliphatic hydroxyl groups is 1. The molecule has 1 aliphatic carbocycles. The molecule has 142 valence electrons. The molecule has 1 saturated heterocycles. The van der Waals surface area contributed by atoms with E-state index in [1.165, 1.54) is 22.3 Å². The van der Waals surface area contributed by atoms with Crippen LogP contribution in [0.3, 0.4) is 0 Å². The summed E-state index contributed by atoms with van der Waals surface area (Å²) in [6.07, 6.45) is 0.0326. The van der Waals surface area contributed by atoms with Crippen molar-refractivity contribution in [2.45, 2.75) is 37.3 Å². The van der Waals surface area contributed by atoms with Gasteiger partial charge < -0.3 is 19.9 Å². The van der Waals surface area contributed by atoms with Crippen LogP contribution in [0.15, 0.2) is 48.5 Å². The predicted molar refractivity (Wildman–Crippen MR) is 103 cm³/mol. The molecule has 1 amide bonds. The lowest BCUT2D eigenvalue weighted by Crippen LogP contribution is -2.61.